The molecule has 1 aromatic carbocycles. The highest BCUT2D eigenvalue weighted by atomic mass is 19.2. The van der Waals surface area contributed by atoms with Crippen molar-refractivity contribution in [1.82, 2.24) is 19.7 Å². The summed E-state index contributed by atoms with van der Waals surface area (Å²) in [6, 6.07) is 3.61. The third-order valence-corrected chi connectivity index (χ3v) is 6.09. The lowest BCUT2D eigenvalue weighted by atomic mass is 9.84. The van der Waals surface area contributed by atoms with E-state index in [-0.39, 0.29) is 0 Å². The quantitative estimate of drug-likeness (QED) is 0.712. The van der Waals surface area contributed by atoms with E-state index in [4.69, 9.17) is 4.98 Å². The van der Waals surface area contributed by atoms with Gasteiger partial charge in [0.1, 0.15) is 5.82 Å². The predicted molar refractivity (Wildman–Crippen MR) is 108 cm³/mol. The smallest absolute Gasteiger partial charge is 0.159 e. The first-order valence-electron chi connectivity index (χ1n) is 10.2. The van der Waals surface area contributed by atoms with Gasteiger partial charge in [-0.1, -0.05) is 6.07 Å². The molecule has 0 radical (unpaired) electrons. The first-order chi connectivity index (χ1) is 14.4. The molecule has 0 unspecified atom stereocenters. The number of hydrogen-bond donors (Lipinski definition) is 1. The molecular formula is C22H23F2N5O. The van der Waals surface area contributed by atoms with Gasteiger partial charge in [0, 0.05) is 37.8 Å². The second kappa shape index (κ2) is 7.12. The van der Waals surface area contributed by atoms with Crippen molar-refractivity contribution in [3.05, 3.63) is 59.7 Å². The fourth-order valence-corrected chi connectivity index (χ4v) is 4.18. The molecule has 1 N–H and O–H groups in total. The minimum absolute atomic E-state index is 0.393. The minimum atomic E-state index is -1.18. The summed E-state index contributed by atoms with van der Waals surface area (Å²) in [4.78, 5) is 11.3. The van der Waals surface area contributed by atoms with Gasteiger partial charge in [0.2, 0.25) is 0 Å². The van der Waals surface area contributed by atoms with Gasteiger partial charge in [0.15, 0.2) is 11.6 Å². The lowest BCUT2D eigenvalue weighted by Crippen LogP contribution is -2.43. The Bertz CT molecular complexity index is 1090. The molecular weight excluding hydrogens is 388 g/mol. The Kier molecular flexibility index (Phi) is 4.54. The third-order valence-electron chi connectivity index (χ3n) is 6.09. The number of halogens is 2. The molecule has 1 aliphatic heterocycles. The Morgan fingerprint density at radius 1 is 1.10 bits per heavy atom. The number of hydrogen-bond acceptors (Lipinski definition) is 5. The maximum atomic E-state index is 13.6. The van der Waals surface area contributed by atoms with Gasteiger partial charge in [-0.05, 0) is 43.4 Å². The molecule has 5 rings (SSSR count). The molecule has 30 heavy (non-hydrogen) atoms. The predicted octanol–water partition coefficient (Wildman–Crippen LogP) is 3.52. The Balaban J connectivity index is 1.36. The minimum Gasteiger partial charge on any atom is -0.385 e. The average molecular weight is 411 g/mol. The van der Waals surface area contributed by atoms with Crippen LogP contribution in [0.3, 0.4) is 0 Å². The standard InChI is InChI=1S/C22H23F2N5O/c1-28-13-16(21(27-28)14-2-3-14)19-11-25-12-20(26-19)29-8-6-22(30,7-9-29)15-4-5-17(23)18(24)10-15/h4-5,10-14,30H,2-3,6-9H2,1H3. The maximum absolute atomic E-state index is 13.6. The van der Waals surface area contributed by atoms with E-state index in [9.17, 15) is 13.9 Å². The first kappa shape index (κ1) is 19.1. The Labute approximate surface area is 173 Å². The molecule has 8 heteroatoms. The van der Waals surface area contributed by atoms with Gasteiger partial charge >= 0.3 is 0 Å². The number of nitrogens with zero attached hydrogens (tertiary/aromatic N) is 5. The highest BCUT2D eigenvalue weighted by Crippen LogP contribution is 2.43. The third kappa shape index (κ3) is 3.45. The zero-order valence-corrected chi connectivity index (χ0v) is 16.7. The molecule has 1 saturated heterocycles. The van der Waals surface area contributed by atoms with E-state index in [1.54, 1.807) is 12.4 Å². The van der Waals surface area contributed by atoms with Gasteiger partial charge in [-0.3, -0.25) is 9.67 Å². The second-order valence-corrected chi connectivity index (χ2v) is 8.29. The molecule has 0 atom stereocenters. The molecule has 3 heterocycles. The summed E-state index contributed by atoms with van der Waals surface area (Å²) in [6.45, 7) is 1.08. The number of rotatable bonds is 4. The van der Waals surface area contributed by atoms with Crippen LogP contribution >= 0.6 is 0 Å². The van der Waals surface area contributed by atoms with E-state index >= 15 is 0 Å². The van der Waals surface area contributed by atoms with E-state index in [0.717, 1.165) is 47.7 Å². The van der Waals surface area contributed by atoms with Crippen molar-refractivity contribution in [2.75, 3.05) is 18.0 Å². The molecule has 156 valence electrons. The van der Waals surface area contributed by atoms with Crippen molar-refractivity contribution in [1.29, 1.82) is 0 Å². The summed E-state index contributed by atoms with van der Waals surface area (Å²) in [6.07, 6.45) is 8.57. The van der Waals surface area contributed by atoms with Crippen LogP contribution in [0, 0.1) is 11.6 Å². The van der Waals surface area contributed by atoms with E-state index in [1.807, 2.05) is 17.9 Å². The highest BCUT2D eigenvalue weighted by molar-refractivity contribution is 5.63. The molecule has 1 saturated carbocycles. The largest absolute Gasteiger partial charge is 0.385 e. The molecule has 1 aliphatic carbocycles. The van der Waals surface area contributed by atoms with Crippen LogP contribution in [0.25, 0.3) is 11.3 Å². The van der Waals surface area contributed by atoms with Crippen LogP contribution in [-0.4, -0.2) is 37.9 Å². The van der Waals surface area contributed by atoms with Crippen molar-refractivity contribution in [2.45, 2.75) is 37.2 Å². The number of aliphatic hydroxyl groups is 1. The van der Waals surface area contributed by atoms with Gasteiger partial charge in [-0.25, -0.2) is 13.8 Å². The molecule has 0 amide bonds. The van der Waals surface area contributed by atoms with Gasteiger partial charge < -0.3 is 10.0 Å². The topological polar surface area (TPSA) is 67.1 Å². The van der Waals surface area contributed by atoms with Crippen LogP contribution in [0.4, 0.5) is 14.6 Å². The van der Waals surface area contributed by atoms with Gasteiger partial charge in [-0.2, -0.15) is 5.10 Å². The van der Waals surface area contributed by atoms with Crippen molar-refractivity contribution < 1.29 is 13.9 Å². The fourth-order valence-electron chi connectivity index (χ4n) is 4.18. The summed E-state index contributed by atoms with van der Waals surface area (Å²) in [5.41, 5.74) is 2.12. The number of anilines is 1. The summed E-state index contributed by atoms with van der Waals surface area (Å²) < 4.78 is 28.7. The van der Waals surface area contributed by atoms with E-state index in [2.05, 4.69) is 15.0 Å². The van der Waals surface area contributed by atoms with Crippen LogP contribution in [0.5, 0.6) is 0 Å². The molecule has 6 nitrogen and oxygen atoms in total. The lowest BCUT2D eigenvalue weighted by Gasteiger charge is -2.39. The molecule has 0 spiro atoms. The normalized spacial score (nSPS) is 18.6. The van der Waals surface area contributed by atoms with E-state index < -0.39 is 17.2 Å². The van der Waals surface area contributed by atoms with Crippen molar-refractivity contribution in [3.8, 4) is 11.3 Å². The zero-order chi connectivity index (χ0) is 20.9. The number of piperidine rings is 1. The fraction of sp³-hybridized carbons (Fsp3) is 0.409. The highest BCUT2D eigenvalue weighted by Gasteiger charge is 2.35. The van der Waals surface area contributed by atoms with Crippen molar-refractivity contribution in [2.24, 2.45) is 7.05 Å². The summed E-state index contributed by atoms with van der Waals surface area (Å²) >= 11 is 0. The van der Waals surface area contributed by atoms with Gasteiger partial charge in [0.25, 0.3) is 0 Å². The van der Waals surface area contributed by atoms with Gasteiger partial charge in [0.05, 0.1) is 29.4 Å². The molecule has 2 aromatic heterocycles. The van der Waals surface area contributed by atoms with Crippen LogP contribution in [-0.2, 0) is 12.6 Å². The molecule has 2 fully saturated rings. The Morgan fingerprint density at radius 2 is 1.87 bits per heavy atom. The van der Waals surface area contributed by atoms with Crippen LogP contribution in [0.15, 0.2) is 36.8 Å². The van der Waals surface area contributed by atoms with Gasteiger partial charge in [-0.15, -0.1) is 0 Å². The number of aryl methyl sites for hydroxylation is 1. The Hall–Kier alpha value is -2.87. The van der Waals surface area contributed by atoms with E-state index in [1.165, 1.54) is 6.07 Å². The molecule has 3 aromatic rings. The SMILES string of the molecule is Cn1cc(-c2cncc(N3CCC(O)(c4ccc(F)c(F)c4)CC3)n2)c(C2CC2)n1. The number of benzene rings is 1. The summed E-state index contributed by atoms with van der Waals surface area (Å²) in [5.74, 6) is -0.601. The average Bonchev–Trinajstić information content (AvgIpc) is 3.52. The summed E-state index contributed by atoms with van der Waals surface area (Å²) in [7, 11) is 1.91. The number of aromatic nitrogens is 4. The van der Waals surface area contributed by atoms with Crippen molar-refractivity contribution in [3.63, 3.8) is 0 Å². The van der Waals surface area contributed by atoms with Crippen LogP contribution < -0.4 is 4.90 Å². The van der Waals surface area contributed by atoms with Crippen LogP contribution in [0.2, 0.25) is 0 Å². The van der Waals surface area contributed by atoms with Crippen LogP contribution in [0.1, 0.15) is 42.9 Å². The Morgan fingerprint density at radius 3 is 2.57 bits per heavy atom. The monoisotopic (exact) mass is 411 g/mol. The zero-order valence-electron chi connectivity index (χ0n) is 16.7. The maximum Gasteiger partial charge on any atom is 0.159 e. The first-order valence-corrected chi connectivity index (χ1v) is 10.2. The van der Waals surface area contributed by atoms with E-state index in [0.29, 0.717) is 37.4 Å². The van der Waals surface area contributed by atoms with Crippen molar-refractivity contribution >= 4 is 5.82 Å². The lowest BCUT2D eigenvalue weighted by molar-refractivity contribution is 0.0113. The second-order valence-electron chi connectivity index (χ2n) is 8.29. The molecule has 2 aliphatic rings. The summed E-state index contributed by atoms with van der Waals surface area (Å²) in [5, 5.41) is 15.6. The molecule has 0 bridgehead atoms.